The summed E-state index contributed by atoms with van der Waals surface area (Å²) in [4.78, 5) is 13.1. The van der Waals surface area contributed by atoms with Crippen molar-refractivity contribution in [1.82, 2.24) is 9.78 Å². The van der Waals surface area contributed by atoms with Gasteiger partial charge in [0.1, 0.15) is 5.69 Å². The Bertz CT molecular complexity index is 1040. The Hall–Kier alpha value is -2.59. The average Bonchev–Trinajstić information content (AvgIpc) is 2.64. The van der Waals surface area contributed by atoms with Gasteiger partial charge in [-0.1, -0.05) is 61.8 Å². The van der Waals surface area contributed by atoms with E-state index >= 15 is 0 Å². The molecule has 0 radical (unpaired) electrons. The summed E-state index contributed by atoms with van der Waals surface area (Å²) in [5.41, 5.74) is 3.35. The van der Waals surface area contributed by atoms with Crippen LogP contribution in [0.1, 0.15) is 30.7 Å². The van der Waals surface area contributed by atoms with Gasteiger partial charge in [0, 0.05) is 11.6 Å². The molecule has 5 heteroatoms. The quantitative estimate of drug-likeness (QED) is 0.636. The van der Waals surface area contributed by atoms with Gasteiger partial charge < -0.3 is 5.11 Å². The topological polar surface area (TPSA) is 55.1 Å². The number of rotatable bonds is 6. The van der Waals surface area contributed by atoms with E-state index in [-0.39, 0.29) is 17.2 Å². The van der Waals surface area contributed by atoms with Gasteiger partial charge in [-0.25, -0.2) is 4.68 Å². The molecule has 0 fully saturated rings. The van der Waals surface area contributed by atoms with Gasteiger partial charge in [-0.05, 0) is 54.5 Å². The van der Waals surface area contributed by atoms with E-state index in [1.54, 1.807) is 0 Å². The smallest absolute Gasteiger partial charge is 0.278 e. The molecule has 146 valence electrons. The second kappa shape index (κ2) is 8.61. The van der Waals surface area contributed by atoms with Crippen LogP contribution in [0, 0.1) is 12.8 Å². The lowest BCUT2D eigenvalue weighted by molar-refractivity contribution is 0.425. The van der Waals surface area contributed by atoms with E-state index in [9.17, 15) is 9.90 Å². The lowest BCUT2D eigenvalue weighted by atomic mass is 9.99. The predicted octanol–water partition coefficient (Wildman–Crippen LogP) is 5.02. The van der Waals surface area contributed by atoms with E-state index in [0.29, 0.717) is 35.7 Å². The summed E-state index contributed by atoms with van der Waals surface area (Å²) in [5, 5.41) is 16.1. The van der Waals surface area contributed by atoms with Crippen LogP contribution < -0.4 is 5.56 Å². The summed E-state index contributed by atoms with van der Waals surface area (Å²) in [6, 6.07) is 15.2. The van der Waals surface area contributed by atoms with Crippen molar-refractivity contribution in [2.45, 2.75) is 40.2 Å². The van der Waals surface area contributed by atoms with Gasteiger partial charge >= 0.3 is 0 Å². The molecule has 0 aliphatic carbocycles. The van der Waals surface area contributed by atoms with Crippen LogP contribution in [0.2, 0.25) is 5.02 Å². The van der Waals surface area contributed by atoms with Crippen LogP contribution in [0.4, 0.5) is 0 Å². The lowest BCUT2D eigenvalue weighted by Gasteiger charge is -2.16. The first-order valence-electron chi connectivity index (χ1n) is 9.50. The number of aryl methyl sites for hydroxylation is 3. The molecule has 0 atom stereocenters. The summed E-state index contributed by atoms with van der Waals surface area (Å²) >= 11 is 6.07. The van der Waals surface area contributed by atoms with Crippen molar-refractivity contribution in [3.63, 3.8) is 0 Å². The van der Waals surface area contributed by atoms with Crippen molar-refractivity contribution in [2.75, 3.05) is 0 Å². The van der Waals surface area contributed by atoms with Gasteiger partial charge in [-0.15, -0.1) is 0 Å². The lowest BCUT2D eigenvalue weighted by Crippen LogP contribution is -2.28. The number of benzene rings is 2. The van der Waals surface area contributed by atoms with Gasteiger partial charge in [0.15, 0.2) is 5.75 Å². The summed E-state index contributed by atoms with van der Waals surface area (Å²) in [7, 11) is 0. The van der Waals surface area contributed by atoms with E-state index in [1.807, 2.05) is 69.3 Å². The molecule has 4 nitrogen and oxygen atoms in total. The molecule has 3 aromatic rings. The first-order valence-corrected chi connectivity index (χ1v) is 9.88. The van der Waals surface area contributed by atoms with E-state index < -0.39 is 0 Å². The van der Waals surface area contributed by atoms with Gasteiger partial charge in [-0.2, -0.15) is 5.10 Å². The number of aromatic hydroxyl groups is 1. The minimum atomic E-state index is -0.257. The predicted molar refractivity (Wildman–Crippen MR) is 114 cm³/mol. The molecule has 2 aromatic carbocycles. The Morgan fingerprint density at radius 3 is 2.54 bits per heavy atom. The average molecular weight is 397 g/mol. The molecule has 0 bridgehead atoms. The first-order chi connectivity index (χ1) is 13.4. The van der Waals surface area contributed by atoms with E-state index in [1.165, 1.54) is 4.68 Å². The molecule has 1 heterocycles. The molecule has 1 aromatic heterocycles. The van der Waals surface area contributed by atoms with Gasteiger partial charge in [-0.3, -0.25) is 4.79 Å². The van der Waals surface area contributed by atoms with Crippen molar-refractivity contribution in [2.24, 2.45) is 5.92 Å². The monoisotopic (exact) mass is 396 g/mol. The Morgan fingerprint density at radius 1 is 1.11 bits per heavy atom. The van der Waals surface area contributed by atoms with E-state index in [2.05, 4.69) is 5.10 Å². The van der Waals surface area contributed by atoms with Crippen LogP contribution in [0.15, 0.2) is 53.3 Å². The fourth-order valence-electron chi connectivity index (χ4n) is 3.30. The molecule has 0 aliphatic rings. The van der Waals surface area contributed by atoms with Crippen molar-refractivity contribution in [1.29, 1.82) is 0 Å². The highest BCUT2D eigenvalue weighted by Crippen LogP contribution is 2.31. The second-order valence-corrected chi connectivity index (χ2v) is 7.93. The van der Waals surface area contributed by atoms with Crippen LogP contribution in [0.5, 0.6) is 5.75 Å². The molecule has 0 unspecified atom stereocenters. The van der Waals surface area contributed by atoms with Crippen LogP contribution in [-0.4, -0.2) is 14.9 Å². The normalized spacial score (nSPS) is 11.2. The van der Waals surface area contributed by atoms with Crippen LogP contribution in [0.3, 0.4) is 0 Å². The van der Waals surface area contributed by atoms with E-state index in [0.717, 1.165) is 16.7 Å². The summed E-state index contributed by atoms with van der Waals surface area (Å²) in [5.74, 6) is 0.238. The van der Waals surface area contributed by atoms with Crippen molar-refractivity contribution >= 4 is 11.6 Å². The molecular weight excluding hydrogens is 372 g/mol. The number of hydrogen-bond donors (Lipinski definition) is 1. The number of halogens is 1. The number of nitrogens with zero attached hydrogens (tertiary/aromatic N) is 2. The zero-order chi connectivity index (χ0) is 20.3. The van der Waals surface area contributed by atoms with Crippen LogP contribution in [0.25, 0.3) is 11.1 Å². The molecule has 0 saturated heterocycles. The molecule has 0 saturated carbocycles. The fourth-order valence-corrected chi connectivity index (χ4v) is 3.52. The minimum Gasteiger partial charge on any atom is -0.505 e. The summed E-state index contributed by atoms with van der Waals surface area (Å²) in [6.45, 7) is 6.52. The SMILES string of the molecule is Cc1ccccc1-c1c(O)c(CCc2cccc(Cl)c2)nn(CC(C)C)c1=O. The highest BCUT2D eigenvalue weighted by molar-refractivity contribution is 6.30. The Labute approximate surface area is 170 Å². The van der Waals surface area contributed by atoms with Crippen molar-refractivity contribution < 1.29 is 5.11 Å². The summed E-state index contributed by atoms with van der Waals surface area (Å²) < 4.78 is 1.49. The molecule has 0 spiro atoms. The Balaban J connectivity index is 2.07. The van der Waals surface area contributed by atoms with E-state index in [4.69, 9.17) is 11.6 Å². The Morgan fingerprint density at radius 2 is 1.86 bits per heavy atom. The Kier molecular flexibility index (Phi) is 6.20. The fraction of sp³-hybridized carbons (Fsp3) is 0.304. The number of hydrogen-bond acceptors (Lipinski definition) is 3. The van der Waals surface area contributed by atoms with Crippen molar-refractivity contribution in [3.8, 4) is 16.9 Å². The maximum atomic E-state index is 13.1. The highest BCUT2D eigenvalue weighted by atomic mass is 35.5. The third kappa shape index (κ3) is 4.45. The standard InChI is InChI=1S/C23H25ClN2O2/c1-15(2)14-26-23(28)21(19-10-5-4-7-16(19)3)22(27)20(25-26)12-11-17-8-6-9-18(24)13-17/h4-10,13,15,27H,11-12,14H2,1-3H3. The molecule has 0 aliphatic heterocycles. The largest absolute Gasteiger partial charge is 0.505 e. The number of aromatic nitrogens is 2. The zero-order valence-corrected chi connectivity index (χ0v) is 17.2. The molecule has 28 heavy (non-hydrogen) atoms. The molecule has 3 rings (SSSR count). The third-order valence-electron chi connectivity index (χ3n) is 4.69. The third-order valence-corrected chi connectivity index (χ3v) is 4.93. The minimum absolute atomic E-state index is 0.0265. The zero-order valence-electron chi connectivity index (χ0n) is 16.4. The van der Waals surface area contributed by atoms with Crippen LogP contribution >= 0.6 is 11.6 Å². The van der Waals surface area contributed by atoms with Crippen LogP contribution in [-0.2, 0) is 19.4 Å². The molecule has 1 N–H and O–H groups in total. The second-order valence-electron chi connectivity index (χ2n) is 7.50. The van der Waals surface area contributed by atoms with Gasteiger partial charge in [0.25, 0.3) is 5.56 Å². The molecule has 0 amide bonds. The van der Waals surface area contributed by atoms with Gasteiger partial charge in [0.05, 0.1) is 5.56 Å². The van der Waals surface area contributed by atoms with Crippen molar-refractivity contribution in [3.05, 3.63) is 80.7 Å². The maximum absolute atomic E-state index is 13.1. The maximum Gasteiger partial charge on any atom is 0.278 e. The first kappa shape index (κ1) is 20.2. The summed E-state index contributed by atoms with van der Waals surface area (Å²) in [6.07, 6.45) is 1.19. The molecular formula is C23H25ClN2O2. The van der Waals surface area contributed by atoms with Gasteiger partial charge in [0.2, 0.25) is 0 Å². The highest BCUT2D eigenvalue weighted by Gasteiger charge is 2.20.